The van der Waals surface area contributed by atoms with E-state index in [0.717, 1.165) is 20.1 Å². The van der Waals surface area contributed by atoms with E-state index < -0.39 is 0 Å². The Bertz CT molecular complexity index is 617. The summed E-state index contributed by atoms with van der Waals surface area (Å²) in [5.41, 5.74) is 8.32. The van der Waals surface area contributed by atoms with E-state index in [0.29, 0.717) is 11.5 Å². The van der Waals surface area contributed by atoms with E-state index in [4.69, 9.17) is 15.2 Å². The first-order valence-corrected chi connectivity index (χ1v) is 7.58. The molecule has 0 aliphatic heterocycles. The molecule has 0 saturated heterocycles. The van der Waals surface area contributed by atoms with Crippen molar-refractivity contribution in [3.63, 3.8) is 0 Å². The van der Waals surface area contributed by atoms with Crippen LogP contribution in [0.25, 0.3) is 0 Å². The van der Waals surface area contributed by atoms with Gasteiger partial charge in [-0.15, -0.1) is 0 Å². The maximum atomic E-state index is 6.35. The van der Waals surface area contributed by atoms with Gasteiger partial charge >= 0.3 is 0 Å². The molecule has 0 bridgehead atoms. The van der Waals surface area contributed by atoms with E-state index in [9.17, 15) is 0 Å². The van der Waals surface area contributed by atoms with Crippen molar-refractivity contribution in [3.05, 3.63) is 56.5 Å². The molecule has 0 heterocycles. The first kappa shape index (κ1) is 15.4. The molecular formula is C15H15Br2NO2. The molecule has 20 heavy (non-hydrogen) atoms. The highest BCUT2D eigenvalue weighted by Crippen LogP contribution is 2.34. The van der Waals surface area contributed by atoms with Crippen molar-refractivity contribution in [2.45, 2.75) is 6.04 Å². The summed E-state index contributed by atoms with van der Waals surface area (Å²) < 4.78 is 12.5. The second kappa shape index (κ2) is 6.61. The van der Waals surface area contributed by atoms with E-state index in [1.54, 1.807) is 14.2 Å². The van der Waals surface area contributed by atoms with E-state index in [1.165, 1.54) is 0 Å². The molecule has 2 N–H and O–H groups in total. The van der Waals surface area contributed by atoms with Crippen LogP contribution in [0.2, 0.25) is 0 Å². The third-order valence-corrected chi connectivity index (χ3v) is 4.28. The second-order valence-corrected chi connectivity index (χ2v) is 6.03. The van der Waals surface area contributed by atoms with Crippen LogP contribution in [0.4, 0.5) is 0 Å². The van der Waals surface area contributed by atoms with Crippen molar-refractivity contribution in [2.24, 2.45) is 5.73 Å². The minimum atomic E-state index is -0.248. The number of hydrogen-bond donors (Lipinski definition) is 1. The highest BCUT2D eigenvalue weighted by Gasteiger charge is 2.15. The highest BCUT2D eigenvalue weighted by molar-refractivity contribution is 9.11. The summed E-state index contributed by atoms with van der Waals surface area (Å²) in [5, 5.41) is 0. The van der Waals surface area contributed by atoms with Crippen LogP contribution in [-0.4, -0.2) is 14.2 Å². The molecule has 0 aliphatic carbocycles. The van der Waals surface area contributed by atoms with Crippen LogP contribution in [-0.2, 0) is 0 Å². The summed E-state index contributed by atoms with van der Waals surface area (Å²) >= 11 is 7.00. The highest BCUT2D eigenvalue weighted by atomic mass is 79.9. The normalized spacial score (nSPS) is 12.1. The maximum Gasteiger partial charge on any atom is 0.161 e. The van der Waals surface area contributed by atoms with Gasteiger partial charge in [0.05, 0.1) is 20.3 Å². The summed E-state index contributed by atoms with van der Waals surface area (Å²) in [7, 11) is 3.23. The maximum absolute atomic E-state index is 6.35. The fourth-order valence-corrected chi connectivity index (χ4v) is 2.85. The van der Waals surface area contributed by atoms with Gasteiger partial charge in [0.15, 0.2) is 11.5 Å². The lowest BCUT2D eigenvalue weighted by Crippen LogP contribution is -2.12. The standard InChI is InChI=1S/C15H15Br2NO2/c1-19-13-6-3-9(7-14(13)20-2)15(18)11-8-10(16)4-5-12(11)17/h3-8,15H,18H2,1-2H3. The number of rotatable bonds is 4. The van der Waals surface area contributed by atoms with Crippen molar-refractivity contribution < 1.29 is 9.47 Å². The van der Waals surface area contributed by atoms with Crippen LogP contribution in [0.5, 0.6) is 11.5 Å². The number of hydrogen-bond acceptors (Lipinski definition) is 3. The monoisotopic (exact) mass is 399 g/mol. The second-order valence-electron chi connectivity index (χ2n) is 4.26. The zero-order valence-corrected chi connectivity index (χ0v) is 14.4. The van der Waals surface area contributed by atoms with Crippen LogP contribution in [0.3, 0.4) is 0 Å². The van der Waals surface area contributed by atoms with Gasteiger partial charge in [-0.25, -0.2) is 0 Å². The van der Waals surface area contributed by atoms with Crippen LogP contribution in [0.15, 0.2) is 45.3 Å². The Labute approximate surface area is 135 Å². The largest absolute Gasteiger partial charge is 0.493 e. The zero-order chi connectivity index (χ0) is 14.7. The lowest BCUT2D eigenvalue weighted by atomic mass is 9.99. The molecule has 0 aliphatic rings. The number of methoxy groups -OCH3 is 2. The number of benzene rings is 2. The van der Waals surface area contributed by atoms with Gasteiger partial charge in [-0.05, 0) is 41.5 Å². The molecule has 0 radical (unpaired) electrons. The number of nitrogens with two attached hydrogens (primary N) is 1. The van der Waals surface area contributed by atoms with Crippen molar-refractivity contribution in [3.8, 4) is 11.5 Å². The Kier molecular flexibility index (Phi) is 5.07. The first-order chi connectivity index (χ1) is 9.56. The smallest absolute Gasteiger partial charge is 0.161 e. The third-order valence-electron chi connectivity index (χ3n) is 3.06. The topological polar surface area (TPSA) is 44.5 Å². The van der Waals surface area contributed by atoms with Gasteiger partial charge in [0.1, 0.15) is 0 Å². The van der Waals surface area contributed by atoms with E-state index in [1.807, 2.05) is 36.4 Å². The van der Waals surface area contributed by atoms with E-state index in [2.05, 4.69) is 31.9 Å². The van der Waals surface area contributed by atoms with E-state index in [-0.39, 0.29) is 6.04 Å². The van der Waals surface area contributed by atoms with Gasteiger partial charge in [-0.2, -0.15) is 0 Å². The van der Waals surface area contributed by atoms with Crippen molar-refractivity contribution in [1.29, 1.82) is 0 Å². The van der Waals surface area contributed by atoms with Crippen LogP contribution >= 0.6 is 31.9 Å². The summed E-state index contributed by atoms with van der Waals surface area (Å²) in [6.45, 7) is 0. The summed E-state index contributed by atoms with van der Waals surface area (Å²) in [6, 6.07) is 11.4. The number of halogens is 2. The predicted octanol–water partition coefficient (Wildman–Crippen LogP) is 4.28. The molecule has 2 rings (SSSR count). The van der Waals surface area contributed by atoms with Crippen molar-refractivity contribution >= 4 is 31.9 Å². The number of ether oxygens (including phenoxy) is 2. The minimum absolute atomic E-state index is 0.248. The molecule has 1 unspecified atom stereocenters. The Morgan fingerprint density at radius 2 is 1.65 bits per heavy atom. The van der Waals surface area contributed by atoms with Gasteiger partial charge in [0.2, 0.25) is 0 Å². The van der Waals surface area contributed by atoms with Crippen molar-refractivity contribution in [2.75, 3.05) is 14.2 Å². The van der Waals surface area contributed by atoms with Crippen molar-refractivity contribution in [1.82, 2.24) is 0 Å². The first-order valence-electron chi connectivity index (χ1n) is 5.99. The molecule has 2 aromatic carbocycles. The van der Waals surface area contributed by atoms with Crippen LogP contribution in [0.1, 0.15) is 17.2 Å². The quantitative estimate of drug-likeness (QED) is 0.832. The van der Waals surface area contributed by atoms with Gasteiger partial charge in [-0.1, -0.05) is 37.9 Å². The predicted molar refractivity (Wildman–Crippen MR) is 87.4 cm³/mol. The molecule has 5 heteroatoms. The molecule has 0 fully saturated rings. The molecule has 0 saturated carbocycles. The van der Waals surface area contributed by atoms with Crippen LogP contribution in [0, 0.1) is 0 Å². The average Bonchev–Trinajstić information content (AvgIpc) is 2.48. The molecule has 0 spiro atoms. The van der Waals surface area contributed by atoms with Gasteiger partial charge in [-0.3, -0.25) is 0 Å². The molecule has 1 atom stereocenters. The molecule has 0 aromatic heterocycles. The average molecular weight is 401 g/mol. The lowest BCUT2D eigenvalue weighted by Gasteiger charge is -2.17. The Balaban J connectivity index is 2.42. The lowest BCUT2D eigenvalue weighted by molar-refractivity contribution is 0.354. The Morgan fingerprint density at radius 1 is 0.950 bits per heavy atom. The molecule has 0 amide bonds. The van der Waals surface area contributed by atoms with Gasteiger partial charge in [0, 0.05) is 8.95 Å². The molecule has 106 valence electrons. The zero-order valence-electron chi connectivity index (χ0n) is 11.2. The summed E-state index contributed by atoms with van der Waals surface area (Å²) in [6.07, 6.45) is 0. The Hall–Kier alpha value is -1.04. The van der Waals surface area contributed by atoms with Gasteiger partial charge < -0.3 is 15.2 Å². The fourth-order valence-electron chi connectivity index (χ4n) is 1.98. The SMILES string of the molecule is COc1ccc(C(N)c2cc(Br)ccc2Br)cc1OC. The third kappa shape index (κ3) is 3.16. The molecule has 2 aromatic rings. The fraction of sp³-hybridized carbons (Fsp3) is 0.200. The van der Waals surface area contributed by atoms with Gasteiger partial charge in [0.25, 0.3) is 0 Å². The van der Waals surface area contributed by atoms with E-state index >= 15 is 0 Å². The summed E-state index contributed by atoms with van der Waals surface area (Å²) in [4.78, 5) is 0. The Morgan fingerprint density at radius 3 is 2.30 bits per heavy atom. The molecular weight excluding hydrogens is 386 g/mol. The minimum Gasteiger partial charge on any atom is -0.493 e. The summed E-state index contributed by atoms with van der Waals surface area (Å²) in [5.74, 6) is 1.36. The van der Waals surface area contributed by atoms with Crippen LogP contribution < -0.4 is 15.2 Å². The molecule has 3 nitrogen and oxygen atoms in total.